The molecule has 3 atom stereocenters. The molecule has 3 unspecified atom stereocenters. The van der Waals surface area contributed by atoms with Gasteiger partial charge in [-0.25, -0.2) is 0 Å². The normalized spacial score (nSPS) is 28.1. The Balaban J connectivity index is 2.23. The second kappa shape index (κ2) is 6.79. The highest BCUT2D eigenvalue weighted by Crippen LogP contribution is 2.45. The van der Waals surface area contributed by atoms with E-state index < -0.39 is 19.7 Å². The molecule has 2 rings (SSSR count). The van der Waals surface area contributed by atoms with Crippen LogP contribution in [0.1, 0.15) is 13.3 Å². The number of Topliss-reactive ketones (excluding diaryl/α,β-unsaturated/α-hetero) is 1. The standard InChI is InChI=1S/C17H24O4SSi/c1-17(16(19)20)13(11-22-12-8-6-5-7-9-12)14(10-15(17)18)21-23(2,3)4/h5-9,13-14H,10-11H2,1-4H3,(H,19,20). The van der Waals surface area contributed by atoms with E-state index >= 15 is 0 Å². The van der Waals surface area contributed by atoms with Gasteiger partial charge in [-0.1, -0.05) is 18.2 Å². The lowest BCUT2D eigenvalue weighted by Crippen LogP contribution is -2.43. The van der Waals surface area contributed by atoms with E-state index in [1.54, 1.807) is 18.7 Å². The predicted molar refractivity (Wildman–Crippen MR) is 94.2 cm³/mol. The van der Waals surface area contributed by atoms with Crippen LogP contribution in [-0.2, 0) is 14.0 Å². The van der Waals surface area contributed by atoms with Crippen LogP contribution in [0, 0.1) is 11.3 Å². The molecule has 0 bridgehead atoms. The number of hydrogen-bond donors (Lipinski definition) is 1. The second-order valence-corrected chi connectivity index (χ2v) is 12.7. The minimum absolute atomic E-state index is 0.201. The van der Waals surface area contributed by atoms with Crippen LogP contribution in [0.15, 0.2) is 35.2 Å². The van der Waals surface area contributed by atoms with Crippen molar-refractivity contribution < 1.29 is 19.1 Å². The van der Waals surface area contributed by atoms with Crippen molar-refractivity contribution in [2.75, 3.05) is 5.75 Å². The van der Waals surface area contributed by atoms with Crippen molar-refractivity contribution in [2.24, 2.45) is 11.3 Å². The largest absolute Gasteiger partial charge is 0.480 e. The number of hydrogen-bond acceptors (Lipinski definition) is 4. The summed E-state index contributed by atoms with van der Waals surface area (Å²) in [4.78, 5) is 25.3. The van der Waals surface area contributed by atoms with Crippen molar-refractivity contribution in [2.45, 2.75) is 44.0 Å². The zero-order valence-corrected chi connectivity index (χ0v) is 15.9. The van der Waals surface area contributed by atoms with Gasteiger partial charge in [-0.05, 0) is 38.7 Å². The fourth-order valence-electron chi connectivity index (χ4n) is 2.95. The molecule has 126 valence electrons. The van der Waals surface area contributed by atoms with Crippen LogP contribution in [0.3, 0.4) is 0 Å². The quantitative estimate of drug-likeness (QED) is 0.481. The number of thioether (sulfide) groups is 1. The summed E-state index contributed by atoms with van der Waals surface area (Å²) < 4.78 is 6.16. The van der Waals surface area contributed by atoms with E-state index in [1.165, 1.54) is 0 Å². The van der Waals surface area contributed by atoms with E-state index in [-0.39, 0.29) is 24.2 Å². The van der Waals surface area contributed by atoms with E-state index in [9.17, 15) is 14.7 Å². The van der Waals surface area contributed by atoms with Crippen molar-refractivity contribution >= 4 is 31.8 Å². The third-order valence-corrected chi connectivity index (χ3v) is 6.42. The van der Waals surface area contributed by atoms with Crippen LogP contribution in [0.5, 0.6) is 0 Å². The highest BCUT2D eigenvalue weighted by Gasteiger charge is 2.57. The number of carboxylic acids is 1. The summed E-state index contributed by atoms with van der Waals surface area (Å²) in [7, 11) is -1.85. The maximum atomic E-state index is 12.4. The molecule has 23 heavy (non-hydrogen) atoms. The molecule has 0 heterocycles. The number of carbonyl (C=O) groups is 2. The summed E-state index contributed by atoms with van der Waals surface area (Å²) in [5.41, 5.74) is -1.36. The Hall–Kier alpha value is -1.11. The van der Waals surface area contributed by atoms with Crippen molar-refractivity contribution in [1.29, 1.82) is 0 Å². The van der Waals surface area contributed by atoms with E-state index in [4.69, 9.17) is 4.43 Å². The third kappa shape index (κ3) is 4.05. The lowest BCUT2D eigenvalue weighted by Gasteiger charge is -2.32. The van der Waals surface area contributed by atoms with Crippen LogP contribution < -0.4 is 0 Å². The fourth-order valence-corrected chi connectivity index (χ4v) is 5.37. The fraction of sp³-hybridized carbons (Fsp3) is 0.529. The molecule has 1 aliphatic rings. The summed E-state index contributed by atoms with van der Waals surface area (Å²) in [6.07, 6.45) is -0.0981. The molecule has 0 aliphatic heterocycles. The van der Waals surface area contributed by atoms with Crippen molar-refractivity contribution in [3.63, 3.8) is 0 Å². The van der Waals surface area contributed by atoms with Gasteiger partial charge in [0, 0.05) is 23.0 Å². The average molecular weight is 353 g/mol. The minimum atomic E-state index is -1.85. The van der Waals surface area contributed by atoms with Crippen molar-refractivity contribution in [3.8, 4) is 0 Å². The number of carboxylic acid groups (broad SMARTS) is 1. The van der Waals surface area contributed by atoms with Crippen LogP contribution in [0.4, 0.5) is 0 Å². The molecule has 0 aromatic heterocycles. The molecule has 1 aromatic carbocycles. The Labute approximate surface area is 142 Å². The van der Waals surface area contributed by atoms with Crippen LogP contribution in [-0.4, -0.2) is 37.0 Å². The molecule has 0 spiro atoms. The van der Waals surface area contributed by atoms with Gasteiger partial charge in [0.05, 0.1) is 6.10 Å². The SMILES string of the molecule is CC1(C(=O)O)C(=O)CC(O[Si](C)(C)C)C1CSc1ccccc1. The third-order valence-electron chi connectivity index (χ3n) is 4.28. The Morgan fingerprint density at radius 2 is 1.96 bits per heavy atom. The molecule has 1 aliphatic carbocycles. The molecule has 1 N–H and O–H groups in total. The average Bonchev–Trinajstić information content (AvgIpc) is 2.68. The lowest BCUT2D eigenvalue weighted by atomic mass is 9.79. The van der Waals surface area contributed by atoms with Crippen LogP contribution in [0.25, 0.3) is 0 Å². The van der Waals surface area contributed by atoms with E-state index in [1.807, 2.05) is 30.3 Å². The highest BCUT2D eigenvalue weighted by atomic mass is 32.2. The first-order chi connectivity index (χ1) is 10.6. The maximum absolute atomic E-state index is 12.4. The summed E-state index contributed by atoms with van der Waals surface area (Å²) in [6.45, 7) is 7.75. The summed E-state index contributed by atoms with van der Waals surface area (Å²) in [5, 5.41) is 9.65. The Morgan fingerprint density at radius 3 is 2.48 bits per heavy atom. The maximum Gasteiger partial charge on any atom is 0.317 e. The molecule has 6 heteroatoms. The Morgan fingerprint density at radius 1 is 1.35 bits per heavy atom. The van der Waals surface area contributed by atoms with Gasteiger partial charge in [-0.2, -0.15) is 0 Å². The van der Waals surface area contributed by atoms with E-state index in [0.717, 1.165) is 4.90 Å². The Kier molecular flexibility index (Phi) is 5.38. The Bertz CT molecular complexity index is 584. The van der Waals surface area contributed by atoms with Crippen LogP contribution >= 0.6 is 11.8 Å². The summed E-state index contributed by atoms with van der Waals surface area (Å²) in [6, 6.07) is 9.84. The molecule has 0 amide bonds. The van der Waals surface area contributed by atoms with E-state index in [0.29, 0.717) is 5.75 Å². The first-order valence-corrected chi connectivity index (χ1v) is 12.2. The van der Waals surface area contributed by atoms with Gasteiger partial charge in [0.2, 0.25) is 0 Å². The highest BCUT2D eigenvalue weighted by molar-refractivity contribution is 7.99. The number of ketones is 1. The molecule has 0 saturated heterocycles. The summed E-state index contributed by atoms with van der Waals surface area (Å²) >= 11 is 1.59. The lowest BCUT2D eigenvalue weighted by molar-refractivity contribution is -0.154. The minimum Gasteiger partial charge on any atom is -0.480 e. The topological polar surface area (TPSA) is 63.6 Å². The van der Waals surface area contributed by atoms with Crippen molar-refractivity contribution in [3.05, 3.63) is 30.3 Å². The monoisotopic (exact) mass is 352 g/mol. The zero-order chi connectivity index (χ0) is 17.3. The van der Waals surface area contributed by atoms with Crippen molar-refractivity contribution in [1.82, 2.24) is 0 Å². The zero-order valence-electron chi connectivity index (χ0n) is 14.0. The van der Waals surface area contributed by atoms with Gasteiger partial charge in [-0.3, -0.25) is 9.59 Å². The first-order valence-electron chi connectivity index (χ1n) is 7.77. The smallest absolute Gasteiger partial charge is 0.317 e. The van der Waals surface area contributed by atoms with Gasteiger partial charge < -0.3 is 9.53 Å². The number of rotatable bonds is 6. The van der Waals surface area contributed by atoms with Gasteiger partial charge >= 0.3 is 5.97 Å². The first kappa shape index (κ1) is 18.2. The number of benzene rings is 1. The molecule has 1 saturated carbocycles. The van der Waals surface area contributed by atoms with Crippen LogP contribution in [0.2, 0.25) is 19.6 Å². The number of aliphatic carboxylic acids is 1. The molecular weight excluding hydrogens is 328 g/mol. The molecule has 4 nitrogen and oxygen atoms in total. The van der Waals surface area contributed by atoms with Gasteiger partial charge in [0.1, 0.15) is 5.41 Å². The summed E-state index contributed by atoms with van der Waals surface area (Å²) in [5.74, 6) is -1.01. The molecule has 1 aromatic rings. The van der Waals surface area contributed by atoms with Gasteiger partial charge in [0.15, 0.2) is 14.1 Å². The predicted octanol–water partition coefficient (Wildman–Crippen LogP) is 3.68. The molecular formula is C17H24O4SSi. The second-order valence-electron chi connectivity index (χ2n) is 7.13. The van der Waals surface area contributed by atoms with Gasteiger partial charge in [-0.15, -0.1) is 11.8 Å². The van der Waals surface area contributed by atoms with Gasteiger partial charge in [0.25, 0.3) is 0 Å². The molecule has 0 radical (unpaired) electrons. The number of carbonyl (C=O) groups excluding carboxylic acids is 1. The molecule has 1 fully saturated rings. The van der Waals surface area contributed by atoms with E-state index in [2.05, 4.69) is 19.6 Å².